The van der Waals surface area contributed by atoms with E-state index in [2.05, 4.69) is 10.3 Å². The molecule has 32 heavy (non-hydrogen) atoms. The summed E-state index contributed by atoms with van der Waals surface area (Å²) in [6.07, 6.45) is -0.950. The van der Waals surface area contributed by atoms with Gasteiger partial charge in [-0.2, -0.15) is 13.2 Å². The molecule has 0 aliphatic heterocycles. The number of imidazole rings is 1. The van der Waals surface area contributed by atoms with Gasteiger partial charge < -0.3 is 10.6 Å². The number of hydrogen-bond donors (Lipinski definition) is 2. The summed E-state index contributed by atoms with van der Waals surface area (Å²) in [5.74, 6) is 0. The lowest BCUT2D eigenvalue weighted by Crippen LogP contribution is -2.36. The smallest absolute Gasteiger partial charge is 0.329 e. The highest BCUT2D eigenvalue weighted by atomic mass is 35.5. The number of urea groups is 1. The zero-order valence-electron chi connectivity index (χ0n) is 16.3. The molecule has 10 heteroatoms. The quantitative estimate of drug-likeness (QED) is 0.344. The third-order valence-electron chi connectivity index (χ3n) is 4.63. The van der Waals surface area contributed by atoms with Crippen LogP contribution < -0.4 is 10.6 Å². The summed E-state index contributed by atoms with van der Waals surface area (Å²) in [5.41, 5.74) is 4.32. The molecule has 2 amide bonds. The Bertz CT molecular complexity index is 1300. The minimum absolute atomic E-state index is 0.351. The van der Waals surface area contributed by atoms with E-state index in [9.17, 15) is 18.0 Å². The second-order valence-corrected chi connectivity index (χ2v) is 7.73. The van der Waals surface area contributed by atoms with Gasteiger partial charge in [-0.05, 0) is 47.5 Å². The Morgan fingerprint density at radius 1 is 0.969 bits per heavy atom. The van der Waals surface area contributed by atoms with Crippen LogP contribution >= 0.6 is 23.2 Å². The number of nitrogens with one attached hydrogen (secondary N) is 2. The van der Waals surface area contributed by atoms with Crippen LogP contribution in [0.2, 0.25) is 10.0 Å². The minimum Gasteiger partial charge on any atom is -0.329 e. The number of anilines is 1. The zero-order chi connectivity index (χ0) is 22.9. The molecule has 2 heterocycles. The maximum absolute atomic E-state index is 12.3. The average Bonchev–Trinajstić information content (AvgIpc) is 3.17. The van der Waals surface area contributed by atoms with Gasteiger partial charge in [-0.15, -0.1) is 0 Å². The van der Waals surface area contributed by atoms with Gasteiger partial charge in [0.1, 0.15) is 12.2 Å². The van der Waals surface area contributed by atoms with E-state index in [0.29, 0.717) is 21.4 Å². The molecule has 0 unspecified atom stereocenters. The van der Waals surface area contributed by atoms with Gasteiger partial charge >= 0.3 is 12.2 Å². The highest BCUT2D eigenvalue weighted by Crippen LogP contribution is 2.30. The molecule has 0 saturated heterocycles. The number of nitrogens with zero attached hydrogens (tertiary/aromatic N) is 2. The Hall–Kier alpha value is -3.23. The summed E-state index contributed by atoms with van der Waals surface area (Å²) in [5, 5.41) is 5.10. The highest BCUT2D eigenvalue weighted by Gasteiger charge is 2.27. The van der Waals surface area contributed by atoms with Crippen molar-refractivity contribution in [2.45, 2.75) is 6.18 Å². The fourth-order valence-electron chi connectivity index (χ4n) is 3.16. The Labute approximate surface area is 190 Å². The summed E-state index contributed by atoms with van der Waals surface area (Å²) in [4.78, 5) is 16.2. The first-order chi connectivity index (χ1) is 15.2. The van der Waals surface area contributed by atoms with Crippen LogP contribution in [-0.2, 0) is 0 Å². The van der Waals surface area contributed by atoms with Gasteiger partial charge in [0.15, 0.2) is 0 Å². The summed E-state index contributed by atoms with van der Waals surface area (Å²) in [6, 6.07) is 15.0. The number of pyridine rings is 1. The Kier molecular flexibility index (Phi) is 5.99. The molecule has 164 valence electrons. The number of hydrogen-bond acceptors (Lipinski definition) is 2. The van der Waals surface area contributed by atoms with Gasteiger partial charge in [-0.25, -0.2) is 9.78 Å². The number of carbonyl (C=O) groups is 1. The molecule has 2 aromatic heterocycles. The fraction of sp³-hybridized carbons (Fsp3) is 0.0909. The third kappa shape index (κ3) is 4.98. The molecule has 0 atom stereocenters. The van der Waals surface area contributed by atoms with Gasteiger partial charge in [-0.3, -0.25) is 4.40 Å². The molecule has 4 aromatic rings. The summed E-state index contributed by atoms with van der Waals surface area (Å²) in [6.45, 7) is -1.41. The van der Waals surface area contributed by atoms with Crippen LogP contribution in [0.1, 0.15) is 0 Å². The van der Waals surface area contributed by atoms with Crippen molar-refractivity contribution in [3.05, 3.63) is 77.0 Å². The minimum atomic E-state index is -4.48. The molecule has 0 aliphatic rings. The number of alkyl halides is 3. The van der Waals surface area contributed by atoms with Crippen molar-refractivity contribution in [2.24, 2.45) is 0 Å². The second-order valence-electron chi connectivity index (χ2n) is 6.92. The molecule has 0 saturated carbocycles. The first kappa shape index (κ1) is 22.0. The maximum Gasteiger partial charge on any atom is 0.405 e. The molecule has 2 N–H and O–H groups in total. The molecule has 5 nitrogen and oxygen atoms in total. The van der Waals surface area contributed by atoms with E-state index in [0.717, 1.165) is 22.4 Å². The van der Waals surface area contributed by atoms with Crippen molar-refractivity contribution in [2.75, 3.05) is 11.9 Å². The van der Waals surface area contributed by atoms with E-state index in [-0.39, 0.29) is 0 Å². The van der Waals surface area contributed by atoms with Crippen molar-refractivity contribution in [1.82, 2.24) is 14.7 Å². The zero-order valence-corrected chi connectivity index (χ0v) is 17.8. The molecular weight excluding hydrogens is 464 g/mol. The van der Waals surface area contributed by atoms with Gasteiger partial charge in [0, 0.05) is 17.4 Å². The monoisotopic (exact) mass is 478 g/mol. The van der Waals surface area contributed by atoms with Gasteiger partial charge in [-0.1, -0.05) is 41.4 Å². The van der Waals surface area contributed by atoms with E-state index < -0.39 is 18.8 Å². The summed E-state index contributed by atoms with van der Waals surface area (Å²) < 4.78 is 38.7. The summed E-state index contributed by atoms with van der Waals surface area (Å²) >= 11 is 12.1. The van der Waals surface area contributed by atoms with Crippen molar-refractivity contribution >= 4 is 40.6 Å². The first-order valence-corrected chi connectivity index (χ1v) is 10.1. The van der Waals surface area contributed by atoms with Gasteiger partial charge in [0.05, 0.1) is 21.9 Å². The van der Waals surface area contributed by atoms with Crippen LogP contribution in [0, 0.1) is 0 Å². The largest absolute Gasteiger partial charge is 0.405 e. The van der Waals surface area contributed by atoms with E-state index >= 15 is 0 Å². The Morgan fingerprint density at radius 2 is 1.75 bits per heavy atom. The lowest BCUT2D eigenvalue weighted by Gasteiger charge is -2.11. The molecule has 0 spiro atoms. The second kappa shape index (κ2) is 8.72. The van der Waals surface area contributed by atoms with Crippen LogP contribution in [0.5, 0.6) is 0 Å². The summed E-state index contributed by atoms with van der Waals surface area (Å²) in [7, 11) is 0. The number of amides is 2. The van der Waals surface area contributed by atoms with Gasteiger partial charge in [0.25, 0.3) is 0 Å². The fourth-order valence-corrected chi connectivity index (χ4v) is 3.46. The SMILES string of the molecule is O=C(NCC(F)(F)F)Nc1cccc(-c2cnc3cc(-c4ccc(Cl)c(Cl)c4)ccn23)c1. The standard InChI is InChI=1S/C22H15Cl2F3N4O/c23-17-5-4-13(9-18(17)24)14-6-7-31-19(11-28-20(31)10-14)15-2-1-3-16(8-15)30-21(32)29-12-22(25,26)27/h1-11H,12H2,(H2,29,30,32). The average molecular weight is 479 g/mol. The Balaban J connectivity index is 1.58. The van der Waals surface area contributed by atoms with E-state index in [1.54, 1.807) is 41.8 Å². The molecule has 0 bridgehead atoms. The number of halogens is 5. The van der Waals surface area contributed by atoms with Gasteiger partial charge in [0.2, 0.25) is 0 Å². The van der Waals surface area contributed by atoms with Crippen LogP contribution in [0.25, 0.3) is 28.0 Å². The molecule has 4 rings (SSSR count). The predicted octanol–water partition coefficient (Wildman–Crippen LogP) is 6.66. The normalized spacial score (nSPS) is 11.5. The topological polar surface area (TPSA) is 58.4 Å². The number of rotatable bonds is 4. The van der Waals surface area contributed by atoms with Crippen LogP contribution in [0.15, 0.2) is 67.0 Å². The lowest BCUT2D eigenvalue weighted by atomic mass is 10.1. The van der Waals surface area contributed by atoms with Crippen molar-refractivity contribution < 1.29 is 18.0 Å². The molecule has 2 aromatic carbocycles. The molecular formula is C22H15Cl2F3N4O. The predicted molar refractivity (Wildman–Crippen MR) is 119 cm³/mol. The van der Waals surface area contributed by atoms with Crippen molar-refractivity contribution in [3.63, 3.8) is 0 Å². The Morgan fingerprint density at radius 3 is 2.50 bits per heavy atom. The highest BCUT2D eigenvalue weighted by molar-refractivity contribution is 6.42. The van der Waals surface area contributed by atoms with Crippen molar-refractivity contribution in [1.29, 1.82) is 0 Å². The molecule has 0 radical (unpaired) electrons. The lowest BCUT2D eigenvalue weighted by molar-refractivity contribution is -0.122. The van der Waals surface area contributed by atoms with Crippen LogP contribution in [-0.4, -0.2) is 28.1 Å². The number of carbonyl (C=O) groups excluding carboxylic acids is 1. The van der Waals surface area contributed by atoms with Crippen molar-refractivity contribution in [3.8, 4) is 22.4 Å². The molecule has 0 fully saturated rings. The maximum atomic E-state index is 12.3. The van der Waals surface area contributed by atoms with Crippen LogP contribution in [0.4, 0.5) is 23.7 Å². The number of benzene rings is 2. The first-order valence-electron chi connectivity index (χ1n) is 9.34. The number of fused-ring (bicyclic) bond motifs is 1. The molecule has 0 aliphatic carbocycles. The third-order valence-corrected chi connectivity index (χ3v) is 5.37. The number of aromatic nitrogens is 2. The van der Waals surface area contributed by atoms with E-state index in [1.165, 1.54) is 0 Å². The van der Waals surface area contributed by atoms with E-state index in [1.807, 2.05) is 34.9 Å². The van der Waals surface area contributed by atoms with E-state index in [4.69, 9.17) is 23.2 Å². The van der Waals surface area contributed by atoms with Crippen LogP contribution in [0.3, 0.4) is 0 Å².